The number of nitrogens with one attached hydrogen (secondary N) is 1. The van der Waals surface area contributed by atoms with Gasteiger partial charge in [-0.3, -0.25) is 13.8 Å². The molecule has 3 atom stereocenters. The van der Waals surface area contributed by atoms with Gasteiger partial charge in [0.1, 0.15) is 13.2 Å². The molecule has 0 aromatic carbocycles. The number of hydrogen-bond donors (Lipinski definition) is 3. The van der Waals surface area contributed by atoms with E-state index in [9.17, 15) is 19.4 Å². The van der Waals surface area contributed by atoms with E-state index in [0.29, 0.717) is 17.4 Å². The van der Waals surface area contributed by atoms with Crippen molar-refractivity contribution in [3.8, 4) is 0 Å². The third-order valence-corrected chi connectivity index (χ3v) is 16.3. The van der Waals surface area contributed by atoms with E-state index < -0.39 is 20.0 Å². The summed E-state index contributed by atoms with van der Waals surface area (Å²) >= 11 is 0. The summed E-state index contributed by atoms with van der Waals surface area (Å²) in [4.78, 5) is 23.4. The Bertz CT molecular complexity index is 1330. The summed E-state index contributed by atoms with van der Waals surface area (Å²) in [5, 5.41) is 14.0. The van der Waals surface area contributed by atoms with Gasteiger partial charge in [-0.05, 0) is 57.8 Å². The molecule has 0 saturated heterocycles. The Morgan fingerprint density at radius 2 is 0.724 bits per heavy atom. The number of unbranched alkanes of at least 4 members (excludes halogenated alkanes) is 45. The molecule has 8 nitrogen and oxygen atoms in total. The number of phosphoric acid groups is 1. The summed E-state index contributed by atoms with van der Waals surface area (Å²) in [6.07, 6.45) is 77.2. The number of aliphatic hydroxyl groups excluding tert-OH is 1. The van der Waals surface area contributed by atoms with Crippen LogP contribution >= 0.6 is 7.82 Å². The number of phosphoric ester groups is 1. The Hall–Kier alpha value is -1.28. The van der Waals surface area contributed by atoms with Crippen molar-refractivity contribution in [2.75, 3.05) is 40.9 Å². The minimum atomic E-state index is -4.36. The van der Waals surface area contributed by atoms with E-state index in [1.807, 2.05) is 27.2 Å². The number of quaternary nitrogens is 1. The number of nitrogens with zero attached hydrogens (tertiary/aromatic N) is 1. The molecule has 0 radical (unpaired) electrons. The highest BCUT2D eigenvalue weighted by Crippen LogP contribution is 2.43. The van der Waals surface area contributed by atoms with Crippen LogP contribution in [-0.4, -0.2) is 73.4 Å². The number of amides is 1. The lowest BCUT2D eigenvalue weighted by molar-refractivity contribution is -0.870. The lowest BCUT2D eigenvalue weighted by Crippen LogP contribution is -2.45. The quantitative estimate of drug-likeness (QED) is 0.0243. The smallest absolute Gasteiger partial charge is 0.387 e. The molecule has 76 heavy (non-hydrogen) atoms. The molecule has 0 bridgehead atoms. The third-order valence-electron chi connectivity index (χ3n) is 15.3. The number of carbonyl (C=O) groups is 1. The Kier molecular flexibility index (Phi) is 57.4. The molecule has 0 fully saturated rings. The van der Waals surface area contributed by atoms with Gasteiger partial charge in [0.05, 0.1) is 39.9 Å². The number of hydrogen-bond acceptors (Lipinski definition) is 5. The van der Waals surface area contributed by atoms with Gasteiger partial charge in [-0.2, -0.15) is 0 Å². The van der Waals surface area contributed by atoms with E-state index in [0.717, 1.165) is 38.5 Å². The first-order valence-corrected chi connectivity index (χ1v) is 34.9. The fraction of sp³-hybridized carbons (Fsp3) is 0.896. The molecule has 0 aliphatic carbocycles. The molecule has 3 N–H and O–H groups in total. The van der Waals surface area contributed by atoms with Gasteiger partial charge in [-0.15, -0.1) is 0 Å². The minimum Gasteiger partial charge on any atom is -0.387 e. The zero-order chi connectivity index (χ0) is 55.6. The maximum atomic E-state index is 13.0. The van der Waals surface area contributed by atoms with Crippen LogP contribution in [0.1, 0.15) is 335 Å². The van der Waals surface area contributed by atoms with Crippen LogP contribution in [0.15, 0.2) is 36.5 Å². The topological polar surface area (TPSA) is 105 Å². The zero-order valence-corrected chi connectivity index (χ0v) is 52.4. The molecule has 9 heteroatoms. The lowest BCUT2D eigenvalue weighted by Gasteiger charge is -2.25. The van der Waals surface area contributed by atoms with Crippen molar-refractivity contribution in [3.05, 3.63) is 36.5 Å². The molecule has 450 valence electrons. The fourth-order valence-electron chi connectivity index (χ4n) is 10.1. The maximum Gasteiger partial charge on any atom is 0.472 e. The molecule has 0 rings (SSSR count). The Labute approximate surface area is 474 Å². The van der Waals surface area contributed by atoms with Crippen molar-refractivity contribution in [2.24, 2.45) is 0 Å². The monoisotopic (exact) mass is 1090 g/mol. The van der Waals surface area contributed by atoms with E-state index in [-0.39, 0.29) is 19.1 Å². The predicted molar refractivity (Wildman–Crippen MR) is 332 cm³/mol. The summed E-state index contributed by atoms with van der Waals surface area (Å²) in [6, 6.07) is -0.862. The van der Waals surface area contributed by atoms with E-state index in [4.69, 9.17) is 9.05 Å². The van der Waals surface area contributed by atoms with Crippen LogP contribution in [0.4, 0.5) is 0 Å². The summed E-state index contributed by atoms with van der Waals surface area (Å²) in [5.41, 5.74) is 0. The Morgan fingerprint density at radius 1 is 0.434 bits per heavy atom. The van der Waals surface area contributed by atoms with Crippen LogP contribution in [-0.2, 0) is 18.4 Å². The maximum absolute atomic E-state index is 13.0. The van der Waals surface area contributed by atoms with Crippen LogP contribution in [0.25, 0.3) is 0 Å². The van der Waals surface area contributed by atoms with Crippen LogP contribution < -0.4 is 5.32 Å². The van der Waals surface area contributed by atoms with E-state index in [2.05, 4.69) is 43.5 Å². The summed E-state index contributed by atoms with van der Waals surface area (Å²) in [6.45, 7) is 4.84. The second-order valence-corrected chi connectivity index (χ2v) is 25.6. The SMILES string of the molecule is CCCCCCCCCC/C=C\CCCCCCCCCCCCCCCCCCCCCCCCCC(=O)NC(COP(=O)(O)OCC[N+](C)(C)C)C(O)/C=C/CC/C=C/CCCCCCCCCCCCCCC. The van der Waals surface area contributed by atoms with Crippen LogP contribution in [0.5, 0.6) is 0 Å². The second kappa shape index (κ2) is 58.4. The number of likely N-dealkylation sites (N-methyl/N-ethyl adjacent to an activating group) is 1. The van der Waals surface area contributed by atoms with Gasteiger partial charge >= 0.3 is 7.82 Å². The van der Waals surface area contributed by atoms with Gasteiger partial charge in [-0.25, -0.2) is 4.57 Å². The van der Waals surface area contributed by atoms with Gasteiger partial charge in [0, 0.05) is 6.42 Å². The van der Waals surface area contributed by atoms with Crippen molar-refractivity contribution in [1.29, 1.82) is 0 Å². The predicted octanol–water partition coefficient (Wildman–Crippen LogP) is 20.9. The number of carbonyl (C=O) groups excluding carboxylic acids is 1. The number of rotatable bonds is 62. The molecular weight excluding hydrogens is 960 g/mol. The van der Waals surface area contributed by atoms with Crippen LogP contribution in [0.2, 0.25) is 0 Å². The average Bonchev–Trinajstić information content (AvgIpc) is 3.38. The van der Waals surface area contributed by atoms with E-state index in [1.165, 1.54) is 276 Å². The number of aliphatic hydroxyl groups is 1. The number of allylic oxidation sites excluding steroid dienone is 5. The molecule has 1 amide bonds. The fourth-order valence-corrected chi connectivity index (χ4v) is 10.9. The first-order valence-electron chi connectivity index (χ1n) is 33.4. The lowest BCUT2D eigenvalue weighted by atomic mass is 10.0. The highest BCUT2D eigenvalue weighted by Gasteiger charge is 2.28. The normalized spacial score (nSPS) is 13.9. The van der Waals surface area contributed by atoms with Gasteiger partial charge in [0.2, 0.25) is 5.91 Å². The summed E-state index contributed by atoms with van der Waals surface area (Å²) < 4.78 is 23.7. The molecular formula is C67H132N2O6P+. The van der Waals surface area contributed by atoms with Crippen molar-refractivity contribution < 1.29 is 32.9 Å². The third kappa shape index (κ3) is 60.4. The average molecular weight is 1090 g/mol. The minimum absolute atomic E-state index is 0.0581. The molecule has 0 aromatic rings. The highest BCUT2D eigenvalue weighted by atomic mass is 31.2. The van der Waals surface area contributed by atoms with Crippen molar-refractivity contribution in [3.63, 3.8) is 0 Å². The van der Waals surface area contributed by atoms with E-state index in [1.54, 1.807) is 6.08 Å². The zero-order valence-electron chi connectivity index (χ0n) is 51.5. The van der Waals surface area contributed by atoms with Gasteiger partial charge in [-0.1, -0.05) is 307 Å². The Morgan fingerprint density at radius 3 is 1.05 bits per heavy atom. The standard InChI is InChI=1S/C67H131N2O6P/c1-6-8-10-12-14-16-18-20-22-24-26-27-28-29-30-31-32-33-34-35-36-37-38-39-40-41-43-45-47-49-51-53-55-57-59-61-67(71)68-65(64-75-76(72,73)74-63-62-69(3,4)5)66(70)60-58-56-54-52-50-48-46-44-42-25-23-21-19-17-15-13-11-9-7-2/h24,26,50,52,58,60,65-66,70H,6-23,25,27-49,51,53-57,59,61-64H2,1-5H3,(H-,68,71,72,73)/p+1/b26-24-,52-50+,60-58+. The molecule has 0 saturated carbocycles. The van der Waals surface area contributed by atoms with Crippen molar-refractivity contribution in [1.82, 2.24) is 5.32 Å². The van der Waals surface area contributed by atoms with Gasteiger partial charge in [0.15, 0.2) is 0 Å². The van der Waals surface area contributed by atoms with Crippen molar-refractivity contribution >= 4 is 13.7 Å². The van der Waals surface area contributed by atoms with Crippen LogP contribution in [0, 0.1) is 0 Å². The molecule has 0 spiro atoms. The highest BCUT2D eigenvalue weighted by molar-refractivity contribution is 7.47. The summed E-state index contributed by atoms with van der Waals surface area (Å²) in [5.74, 6) is -0.180. The molecule has 0 aromatic heterocycles. The van der Waals surface area contributed by atoms with Crippen molar-refractivity contribution in [2.45, 2.75) is 347 Å². The molecule has 0 heterocycles. The Balaban J connectivity index is 4.01. The second-order valence-electron chi connectivity index (χ2n) is 24.2. The molecule has 0 aliphatic rings. The van der Waals surface area contributed by atoms with Gasteiger partial charge in [0.25, 0.3) is 0 Å². The first kappa shape index (κ1) is 74.7. The largest absolute Gasteiger partial charge is 0.472 e. The molecule has 3 unspecified atom stereocenters. The first-order chi connectivity index (χ1) is 37.0. The molecule has 0 aliphatic heterocycles. The van der Waals surface area contributed by atoms with E-state index >= 15 is 0 Å². The summed E-state index contributed by atoms with van der Waals surface area (Å²) in [7, 11) is 1.57. The van der Waals surface area contributed by atoms with Gasteiger partial charge < -0.3 is 19.8 Å². The van der Waals surface area contributed by atoms with Crippen LogP contribution in [0.3, 0.4) is 0 Å².